The Kier molecular flexibility index (Phi) is 4.63. The van der Waals surface area contributed by atoms with E-state index in [1.54, 1.807) is 0 Å². The molecule has 0 aliphatic heterocycles. The van der Waals surface area contributed by atoms with Crippen LogP contribution >= 0.6 is 0 Å². The molecule has 1 amide bonds. The van der Waals surface area contributed by atoms with E-state index in [0.717, 1.165) is 18.2 Å². The maximum absolute atomic E-state index is 11.4. The third-order valence-corrected chi connectivity index (χ3v) is 3.23. The number of nitro groups is 1. The number of hydrogen-bond donors (Lipinski definition) is 1. The monoisotopic (exact) mass is 303 g/mol. The molecular formula is C10H13N3O6S. The molecule has 0 bridgehead atoms. The van der Waals surface area contributed by atoms with Gasteiger partial charge in [0.1, 0.15) is 10.6 Å². The molecule has 2 N–H and O–H groups in total. The Morgan fingerprint density at radius 1 is 1.45 bits per heavy atom. The summed E-state index contributed by atoms with van der Waals surface area (Å²) in [6, 6.07) is 2.93. The lowest BCUT2D eigenvalue weighted by Crippen LogP contribution is -2.28. The minimum absolute atomic E-state index is 0.215. The average molecular weight is 303 g/mol. The predicted octanol–water partition coefficient (Wildman–Crippen LogP) is -0.291. The van der Waals surface area contributed by atoms with E-state index in [9.17, 15) is 23.3 Å². The van der Waals surface area contributed by atoms with Crippen LogP contribution in [0.2, 0.25) is 0 Å². The summed E-state index contributed by atoms with van der Waals surface area (Å²) < 4.78 is 27.8. The minimum atomic E-state index is -4.21. The van der Waals surface area contributed by atoms with Crippen LogP contribution in [0.4, 0.5) is 5.69 Å². The number of nitrogens with zero attached hydrogens (tertiary/aromatic N) is 2. The van der Waals surface area contributed by atoms with Gasteiger partial charge in [0.2, 0.25) is 10.0 Å². The third-order valence-electron chi connectivity index (χ3n) is 2.29. The number of primary sulfonamides is 1. The zero-order valence-electron chi connectivity index (χ0n) is 10.8. The van der Waals surface area contributed by atoms with Gasteiger partial charge in [-0.2, -0.15) is 0 Å². The smallest absolute Gasteiger partial charge is 0.271 e. The normalized spacial score (nSPS) is 10.9. The first kappa shape index (κ1) is 15.9. The van der Waals surface area contributed by atoms with Crippen LogP contribution in [0.15, 0.2) is 23.1 Å². The predicted molar refractivity (Wildman–Crippen MR) is 68.7 cm³/mol. The van der Waals surface area contributed by atoms with E-state index in [2.05, 4.69) is 0 Å². The van der Waals surface area contributed by atoms with Crippen LogP contribution in [0.25, 0.3) is 0 Å². The van der Waals surface area contributed by atoms with Gasteiger partial charge in [-0.3, -0.25) is 14.9 Å². The van der Waals surface area contributed by atoms with Crippen molar-refractivity contribution in [1.29, 1.82) is 0 Å². The van der Waals surface area contributed by atoms with Gasteiger partial charge in [-0.25, -0.2) is 13.6 Å². The van der Waals surface area contributed by atoms with E-state index >= 15 is 0 Å². The second kappa shape index (κ2) is 5.84. The fourth-order valence-corrected chi connectivity index (χ4v) is 1.91. The molecule has 0 aliphatic rings. The number of carbonyl (C=O) groups excluding carboxylic acids is 1. The number of rotatable bonds is 5. The van der Waals surface area contributed by atoms with Gasteiger partial charge < -0.3 is 9.64 Å². The molecule has 0 fully saturated rings. The molecule has 0 spiro atoms. The summed E-state index contributed by atoms with van der Waals surface area (Å²) in [5, 5.41) is 15.6. The molecule has 0 saturated heterocycles. The van der Waals surface area contributed by atoms with Crippen LogP contribution in [0, 0.1) is 10.1 Å². The van der Waals surface area contributed by atoms with Crippen molar-refractivity contribution >= 4 is 21.6 Å². The molecule has 1 aromatic rings. The number of nitro benzene ring substituents is 1. The van der Waals surface area contributed by atoms with E-state index < -0.39 is 38.0 Å². The Labute approximate surface area is 115 Å². The summed E-state index contributed by atoms with van der Waals surface area (Å²) in [7, 11) is -1.21. The van der Waals surface area contributed by atoms with E-state index in [1.165, 1.54) is 19.0 Å². The number of sulfonamides is 1. The summed E-state index contributed by atoms with van der Waals surface area (Å²) >= 11 is 0. The van der Waals surface area contributed by atoms with Gasteiger partial charge in [0, 0.05) is 26.2 Å². The Bertz CT molecular complexity index is 640. The molecule has 1 aromatic carbocycles. The third kappa shape index (κ3) is 3.90. The fourth-order valence-electron chi connectivity index (χ4n) is 1.22. The van der Waals surface area contributed by atoms with Crippen LogP contribution < -0.4 is 9.88 Å². The first-order valence-corrected chi connectivity index (χ1v) is 6.81. The van der Waals surface area contributed by atoms with Crippen LogP contribution in [-0.4, -0.2) is 44.9 Å². The van der Waals surface area contributed by atoms with Crippen molar-refractivity contribution in [3.05, 3.63) is 28.3 Å². The van der Waals surface area contributed by atoms with Gasteiger partial charge >= 0.3 is 0 Å². The van der Waals surface area contributed by atoms with Gasteiger partial charge in [0.15, 0.2) is 6.61 Å². The standard InChI is InChI=1S/C10H13N3O6S/c1-12(2)10(14)6-19-8-4-3-7(13(15)16)5-9(8)20(11,17)18/h3-5H,6H2,1-2H3,(H2,11,17,18). The van der Waals surface area contributed by atoms with E-state index in [1.807, 2.05) is 0 Å². The summed E-state index contributed by atoms with van der Waals surface area (Å²) in [4.78, 5) is 21.9. The second-order valence-electron chi connectivity index (χ2n) is 4.01. The highest BCUT2D eigenvalue weighted by atomic mass is 32.2. The molecule has 20 heavy (non-hydrogen) atoms. The summed E-state index contributed by atoms with van der Waals surface area (Å²) in [5.74, 6) is -0.614. The first-order chi connectivity index (χ1) is 9.12. The number of carbonyl (C=O) groups is 1. The van der Waals surface area contributed by atoms with Crippen LogP contribution in [0.1, 0.15) is 0 Å². The van der Waals surface area contributed by atoms with Gasteiger partial charge in [-0.1, -0.05) is 0 Å². The Hall–Kier alpha value is -2.20. The maximum Gasteiger partial charge on any atom is 0.271 e. The lowest BCUT2D eigenvalue weighted by molar-refractivity contribution is -0.385. The van der Waals surface area contributed by atoms with Crippen molar-refractivity contribution in [2.75, 3.05) is 20.7 Å². The molecule has 0 saturated carbocycles. The fraction of sp³-hybridized carbons (Fsp3) is 0.300. The maximum atomic E-state index is 11.4. The quantitative estimate of drug-likeness (QED) is 0.587. The molecule has 0 heterocycles. The molecule has 1 rings (SSSR count). The van der Waals surface area contributed by atoms with Crippen molar-refractivity contribution in [2.45, 2.75) is 4.90 Å². The molecule has 110 valence electrons. The highest BCUT2D eigenvalue weighted by Crippen LogP contribution is 2.27. The number of non-ortho nitro benzene ring substituents is 1. The molecule has 9 nitrogen and oxygen atoms in total. The number of ether oxygens (including phenoxy) is 1. The molecular weight excluding hydrogens is 290 g/mol. The summed E-state index contributed by atoms with van der Waals surface area (Å²) in [6.45, 7) is -0.409. The molecule has 0 aliphatic carbocycles. The van der Waals surface area contributed by atoms with Crippen molar-refractivity contribution in [2.24, 2.45) is 5.14 Å². The van der Waals surface area contributed by atoms with Gasteiger partial charge in [-0.05, 0) is 6.07 Å². The van der Waals surface area contributed by atoms with E-state index in [-0.39, 0.29) is 5.75 Å². The van der Waals surface area contributed by atoms with Crippen LogP contribution in [0.3, 0.4) is 0 Å². The number of amides is 1. The van der Waals surface area contributed by atoms with Crippen molar-refractivity contribution in [3.8, 4) is 5.75 Å². The van der Waals surface area contributed by atoms with Crippen LogP contribution in [-0.2, 0) is 14.8 Å². The van der Waals surface area contributed by atoms with Gasteiger partial charge in [0.25, 0.3) is 11.6 Å². The highest BCUT2D eigenvalue weighted by molar-refractivity contribution is 7.89. The van der Waals surface area contributed by atoms with E-state index in [0.29, 0.717) is 0 Å². The Morgan fingerprint density at radius 3 is 2.50 bits per heavy atom. The van der Waals surface area contributed by atoms with Crippen molar-refractivity contribution in [3.63, 3.8) is 0 Å². The molecule has 10 heteroatoms. The largest absolute Gasteiger partial charge is 0.482 e. The first-order valence-electron chi connectivity index (χ1n) is 5.27. The lowest BCUT2D eigenvalue weighted by Gasteiger charge is -2.13. The van der Waals surface area contributed by atoms with Gasteiger partial charge in [-0.15, -0.1) is 0 Å². The average Bonchev–Trinajstić information content (AvgIpc) is 2.34. The number of likely N-dealkylation sites (N-methyl/N-ethyl adjacent to an activating group) is 1. The number of benzene rings is 1. The van der Waals surface area contributed by atoms with Crippen LogP contribution in [0.5, 0.6) is 5.75 Å². The van der Waals surface area contributed by atoms with E-state index in [4.69, 9.17) is 9.88 Å². The Morgan fingerprint density at radius 2 is 2.05 bits per heavy atom. The summed E-state index contributed by atoms with van der Waals surface area (Å²) in [5.41, 5.74) is -0.444. The van der Waals surface area contributed by atoms with Crippen molar-refractivity contribution in [1.82, 2.24) is 4.90 Å². The van der Waals surface area contributed by atoms with Gasteiger partial charge in [0.05, 0.1) is 4.92 Å². The zero-order chi connectivity index (χ0) is 15.5. The topological polar surface area (TPSA) is 133 Å². The zero-order valence-corrected chi connectivity index (χ0v) is 11.6. The van der Waals surface area contributed by atoms with Crippen molar-refractivity contribution < 1.29 is 22.9 Å². The lowest BCUT2D eigenvalue weighted by atomic mass is 10.3. The second-order valence-corrected chi connectivity index (χ2v) is 5.54. The molecule has 0 unspecified atom stereocenters. The Balaban J connectivity index is 3.14. The summed E-state index contributed by atoms with van der Waals surface area (Å²) in [6.07, 6.45) is 0. The minimum Gasteiger partial charge on any atom is -0.482 e. The number of nitrogens with two attached hydrogens (primary N) is 1. The molecule has 0 atom stereocenters. The molecule has 0 radical (unpaired) electrons. The SMILES string of the molecule is CN(C)C(=O)COc1ccc([N+](=O)[O-])cc1S(N)(=O)=O. The number of hydrogen-bond acceptors (Lipinski definition) is 6. The highest BCUT2D eigenvalue weighted by Gasteiger charge is 2.20. The molecule has 0 aromatic heterocycles.